The summed E-state index contributed by atoms with van der Waals surface area (Å²) in [6.45, 7) is 2.23. The van der Waals surface area contributed by atoms with Gasteiger partial charge in [0.05, 0.1) is 29.3 Å². The molecular weight excluding hydrogens is 355 g/mol. The van der Waals surface area contributed by atoms with E-state index in [-0.39, 0.29) is 21.3 Å². The number of rotatable bonds is 5. The second-order valence-electron chi connectivity index (χ2n) is 4.58. The third-order valence-corrected chi connectivity index (χ3v) is 3.52. The summed E-state index contributed by atoms with van der Waals surface area (Å²) in [5.41, 5.74) is 0.780. The molecule has 0 aliphatic heterocycles. The molecule has 1 amide bonds. The van der Waals surface area contributed by atoms with Crippen LogP contribution in [0.25, 0.3) is 0 Å². The smallest absolute Gasteiger partial charge is 0.339 e. The van der Waals surface area contributed by atoms with E-state index in [1.54, 1.807) is 0 Å². The number of carbonyl (C=O) groups is 2. The molecule has 0 fully saturated rings. The zero-order valence-electron chi connectivity index (χ0n) is 12.9. The highest BCUT2D eigenvalue weighted by Crippen LogP contribution is 2.36. The molecule has 1 heterocycles. The maximum Gasteiger partial charge on any atom is 0.339 e. The van der Waals surface area contributed by atoms with Crippen LogP contribution in [-0.2, 0) is 4.74 Å². The summed E-state index contributed by atoms with van der Waals surface area (Å²) in [4.78, 5) is 27.5. The van der Waals surface area contributed by atoms with Crippen molar-refractivity contribution in [3.05, 3.63) is 51.8 Å². The Labute approximate surface area is 148 Å². The third kappa shape index (κ3) is 4.15. The molecule has 0 spiro atoms. The summed E-state index contributed by atoms with van der Waals surface area (Å²) < 4.78 is 9.89. The van der Waals surface area contributed by atoms with E-state index in [4.69, 9.17) is 27.9 Å². The van der Waals surface area contributed by atoms with Crippen LogP contribution in [0.1, 0.15) is 27.8 Å². The number of anilines is 1. The Bertz CT molecular complexity index is 740. The van der Waals surface area contributed by atoms with Crippen molar-refractivity contribution in [3.63, 3.8) is 0 Å². The molecule has 24 heavy (non-hydrogen) atoms. The largest absolute Gasteiger partial charge is 0.491 e. The van der Waals surface area contributed by atoms with E-state index in [2.05, 4.69) is 15.0 Å². The van der Waals surface area contributed by atoms with Crippen molar-refractivity contribution in [3.8, 4) is 5.75 Å². The first-order chi connectivity index (χ1) is 11.5. The van der Waals surface area contributed by atoms with Crippen LogP contribution in [-0.4, -0.2) is 30.6 Å². The Morgan fingerprint density at radius 2 is 1.88 bits per heavy atom. The molecule has 1 N–H and O–H groups in total. The summed E-state index contributed by atoms with van der Waals surface area (Å²) in [7, 11) is 1.27. The molecule has 1 aromatic heterocycles. The van der Waals surface area contributed by atoms with Crippen molar-refractivity contribution in [2.24, 2.45) is 0 Å². The number of ether oxygens (including phenoxy) is 2. The molecule has 0 bridgehead atoms. The SMILES string of the molecule is CCOc1c(Cl)cc(NC(=O)c2ccc(C(=O)OC)cn2)cc1Cl. The van der Waals surface area contributed by atoms with E-state index in [0.29, 0.717) is 18.0 Å². The molecule has 8 heteroatoms. The maximum atomic E-state index is 12.2. The zero-order valence-corrected chi connectivity index (χ0v) is 14.4. The van der Waals surface area contributed by atoms with E-state index >= 15 is 0 Å². The number of aromatic nitrogens is 1. The number of hydrogen-bond acceptors (Lipinski definition) is 5. The van der Waals surface area contributed by atoms with E-state index in [1.807, 2.05) is 6.92 Å². The summed E-state index contributed by atoms with van der Waals surface area (Å²) in [6.07, 6.45) is 1.26. The number of pyridine rings is 1. The van der Waals surface area contributed by atoms with Gasteiger partial charge in [0.1, 0.15) is 5.69 Å². The average Bonchev–Trinajstić information content (AvgIpc) is 2.57. The number of esters is 1. The highest BCUT2D eigenvalue weighted by Gasteiger charge is 2.14. The van der Waals surface area contributed by atoms with E-state index < -0.39 is 11.9 Å². The fourth-order valence-electron chi connectivity index (χ4n) is 1.88. The van der Waals surface area contributed by atoms with Crippen molar-refractivity contribution >= 4 is 40.8 Å². The first kappa shape index (κ1) is 18.0. The predicted molar refractivity (Wildman–Crippen MR) is 91.2 cm³/mol. The molecule has 0 atom stereocenters. The summed E-state index contributed by atoms with van der Waals surface area (Å²) >= 11 is 12.2. The molecule has 0 aliphatic carbocycles. The van der Waals surface area contributed by atoms with Crippen LogP contribution in [0.2, 0.25) is 10.0 Å². The molecule has 1 aromatic carbocycles. The lowest BCUT2D eigenvalue weighted by atomic mass is 10.2. The molecule has 126 valence electrons. The van der Waals surface area contributed by atoms with Crippen molar-refractivity contribution in [1.29, 1.82) is 0 Å². The van der Waals surface area contributed by atoms with Gasteiger partial charge >= 0.3 is 5.97 Å². The predicted octanol–water partition coefficient (Wildman–Crippen LogP) is 3.83. The normalized spacial score (nSPS) is 10.2. The second kappa shape index (κ2) is 7.99. The Morgan fingerprint density at radius 1 is 1.21 bits per heavy atom. The minimum absolute atomic E-state index is 0.129. The minimum atomic E-state index is -0.528. The highest BCUT2D eigenvalue weighted by molar-refractivity contribution is 6.37. The number of nitrogens with zero attached hydrogens (tertiary/aromatic N) is 1. The lowest BCUT2D eigenvalue weighted by Crippen LogP contribution is -2.14. The van der Waals surface area contributed by atoms with Gasteiger partial charge < -0.3 is 14.8 Å². The van der Waals surface area contributed by atoms with Crippen LogP contribution >= 0.6 is 23.2 Å². The van der Waals surface area contributed by atoms with Crippen molar-refractivity contribution in [2.75, 3.05) is 19.0 Å². The van der Waals surface area contributed by atoms with Gasteiger partial charge in [0.15, 0.2) is 5.75 Å². The van der Waals surface area contributed by atoms with Gasteiger partial charge in [-0.2, -0.15) is 0 Å². The van der Waals surface area contributed by atoms with Crippen molar-refractivity contribution < 1.29 is 19.1 Å². The molecule has 2 aromatic rings. The van der Waals surface area contributed by atoms with Gasteiger partial charge in [0.25, 0.3) is 5.91 Å². The van der Waals surface area contributed by atoms with E-state index in [1.165, 1.54) is 37.6 Å². The standard InChI is InChI=1S/C16H14Cl2N2O4/c1-3-24-14-11(17)6-10(7-12(14)18)20-15(21)13-5-4-9(8-19-13)16(22)23-2/h4-8H,3H2,1-2H3,(H,20,21). The average molecular weight is 369 g/mol. The molecule has 0 saturated heterocycles. The number of methoxy groups -OCH3 is 1. The Balaban J connectivity index is 2.16. The van der Waals surface area contributed by atoms with Crippen LogP contribution in [0.5, 0.6) is 5.75 Å². The van der Waals surface area contributed by atoms with Gasteiger partial charge in [-0.3, -0.25) is 9.78 Å². The van der Waals surface area contributed by atoms with Gasteiger partial charge in [-0.15, -0.1) is 0 Å². The number of amides is 1. The molecule has 2 rings (SSSR count). The highest BCUT2D eigenvalue weighted by atomic mass is 35.5. The lowest BCUT2D eigenvalue weighted by Gasteiger charge is -2.11. The van der Waals surface area contributed by atoms with E-state index in [9.17, 15) is 9.59 Å². The molecule has 0 saturated carbocycles. The van der Waals surface area contributed by atoms with Crippen molar-refractivity contribution in [2.45, 2.75) is 6.92 Å². The third-order valence-electron chi connectivity index (χ3n) is 2.96. The van der Waals surface area contributed by atoms with Gasteiger partial charge in [0.2, 0.25) is 0 Å². The van der Waals surface area contributed by atoms with Gasteiger partial charge in [-0.1, -0.05) is 23.2 Å². The number of halogens is 2. The first-order valence-electron chi connectivity index (χ1n) is 6.93. The molecule has 0 unspecified atom stereocenters. The summed E-state index contributed by atoms with van der Waals surface area (Å²) in [5.74, 6) is -0.637. The van der Waals surface area contributed by atoms with Crippen LogP contribution in [0.15, 0.2) is 30.5 Å². The van der Waals surface area contributed by atoms with Gasteiger partial charge in [-0.25, -0.2) is 4.79 Å². The number of carbonyl (C=O) groups excluding carboxylic acids is 2. The lowest BCUT2D eigenvalue weighted by molar-refractivity contribution is 0.0600. The van der Waals surface area contributed by atoms with Gasteiger partial charge in [0, 0.05) is 11.9 Å². The summed E-state index contributed by atoms with van der Waals surface area (Å²) in [6, 6.07) is 5.92. The quantitative estimate of drug-likeness (QED) is 0.811. The first-order valence-corrected chi connectivity index (χ1v) is 7.69. The molecule has 0 aliphatic rings. The Kier molecular flexibility index (Phi) is 6.00. The van der Waals surface area contributed by atoms with Gasteiger partial charge in [-0.05, 0) is 31.2 Å². The van der Waals surface area contributed by atoms with Crippen LogP contribution in [0, 0.1) is 0 Å². The zero-order chi connectivity index (χ0) is 17.7. The number of nitrogens with one attached hydrogen (secondary N) is 1. The number of hydrogen-bond donors (Lipinski definition) is 1. The van der Waals surface area contributed by atoms with Crippen LogP contribution in [0.3, 0.4) is 0 Å². The Hall–Kier alpha value is -2.31. The van der Waals surface area contributed by atoms with E-state index in [0.717, 1.165) is 0 Å². The molecule has 0 radical (unpaired) electrons. The number of benzene rings is 1. The summed E-state index contributed by atoms with van der Waals surface area (Å²) in [5, 5.41) is 3.20. The monoisotopic (exact) mass is 368 g/mol. The Morgan fingerprint density at radius 3 is 2.38 bits per heavy atom. The topological polar surface area (TPSA) is 77.5 Å². The van der Waals surface area contributed by atoms with Crippen molar-refractivity contribution in [1.82, 2.24) is 4.98 Å². The van der Waals surface area contributed by atoms with Crippen LogP contribution in [0.4, 0.5) is 5.69 Å². The fraction of sp³-hybridized carbons (Fsp3) is 0.188. The van der Waals surface area contributed by atoms with Crippen LogP contribution < -0.4 is 10.1 Å². The second-order valence-corrected chi connectivity index (χ2v) is 5.39. The molecule has 6 nitrogen and oxygen atoms in total. The minimum Gasteiger partial charge on any atom is -0.491 e. The fourth-order valence-corrected chi connectivity index (χ4v) is 2.47. The maximum absolute atomic E-state index is 12.2. The molecular formula is C16H14Cl2N2O4.